The molecule has 3 heterocycles. The van der Waals surface area contributed by atoms with Crippen LogP contribution < -0.4 is 9.64 Å². The van der Waals surface area contributed by atoms with Gasteiger partial charge in [0.05, 0.1) is 18.3 Å². The van der Waals surface area contributed by atoms with E-state index in [0.29, 0.717) is 30.0 Å². The standard InChI is InChI=1S/C23H28ClN5O2/c1-4-28(5-2)23-26-14-19(24)21(27-23)22(30)29-10-8-15(9-11-29)18-13-25-20-7-6-16(31-3)12-17(18)20/h6-7,12-15,25H,4-5,8-11H2,1-3H3. The van der Waals surface area contributed by atoms with E-state index in [1.807, 2.05) is 35.8 Å². The molecule has 0 atom stereocenters. The van der Waals surface area contributed by atoms with Crippen LogP contribution in [0.3, 0.4) is 0 Å². The normalized spacial score (nSPS) is 14.8. The molecule has 1 fully saturated rings. The zero-order valence-electron chi connectivity index (χ0n) is 18.2. The largest absolute Gasteiger partial charge is 0.497 e. The van der Waals surface area contributed by atoms with Crippen molar-refractivity contribution in [1.82, 2.24) is 19.9 Å². The van der Waals surface area contributed by atoms with Gasteiger partial charge < -0.3 is 19.5 Å². The molecule has 1 N–H and O–H groups in total. The first-order valence-corrected chi connectivity index (χ1v) is 11.1. The topological polar surface area (TPSA) is 74.4 Å². The van der Waals surface area contributed by atoms with Crippen LogP contribution >= 0.6 is 11.6 Å². The van der Waals surface area contributed by atoms with Crippen molar-refractivity contribution in [3.8, 4) is 5.75 Å². The van der Waals surface area contributed by atoms with E-state index in [2.05, 4.69) is 27.2 Å². The van der Waals surface area contributed by atoms with Crippen LogP contribution in [0.15, 0.2) is 30.6 Å². The molecule has 31 heavy (non-hydrogen) atoms. The summed E-state index contributed by atoms with van der Waals surface area (Å²) < 4.78 is 5.39. The van der Waals surface area contributed by atoms with Crippen LogP contribution in [0.5, 0.6) is 5.75 Å². The van der Waals surface area contributed by atoms with E-state index in [1.54, 1.807) is 7.11 Å². The summed E-state index contributed by atoms with van der Waals surface area (Å²) >= 11 is 6.30. The van der Waals surface area contributed by atoms with E-state index < -0.39 is 0 Å². The number of piperidine rings is 1. The lowest BCUT2D eigenvalue weighted by molar-refractivity contribution is 0.0707. The molecule has 0 saturated carbocycles. The number of amides is 1. The third-order valence-electron chi connectivity index (χ3n) is 6.12. The molecule has 0 bridgehead atoms. The van der Waals surface area contributed by atoms with Gasteiger partial charge in [-0.05, 0) is 56.4 Å². The van der Waals surface area contributed by atoms with E-state index in [9.17, 15) is 4.79 Å². The van der Waals surface area contributed by atoms with Crippen LogP contribution in [0, 0.1) is 0 Å². The second-order valence-electron chi connectivity index (χ2n) is 7.76. The second-order valence-corrected chi connectivity index (χ2v) is 8.17. The monoisotopic (exact) mass is 441 g/mol. The number of fused-ring (bicyclic) bond motifs is 1. The number of ether oxygens (including phenoxy) is 1. The van der Waals surface area contributed by atoms with E-state index in [-0.39, 0.29) is 11.6 Å². The van der Waals surface area contributed by atoms with Crippen LogP contribution in [0.4, 0.5) is 5.95 Å². The summed E-state index contributed by atoms with van der Waals surface area (Å²) in [4.78, 5) is 29.2. The van der Waals surface area contributed by atoms with Gasteiger partial charge in [-0.15, -0.1) is 0 Å². The number of halogens is 1. The molecule has 0 radical (unpaired) electrons. The molecule has 8 heteroatoms. The van der Waals surface area contributed by atoms with Gasteiger partial charge in [0.2, 0.25) is 5.95 Å². The van der Waals surface area contributed by atoms with Crippen LogP contribution in [0.1, 0.15) is 48.7 Å². The molecule has 1 aliphatic heterocycles. The van der Waals surface area contributed by atoms with E-state index in [0.717, 1.165) is 37.2 Å². The summed E-state index contributed by atoms with van der Waals surface area (Å²) in [5.74, 6) is 1.65. The van der Waals surface area contributed by atoms with Gasteiger partial charge in [-0.2, -0.15) is 0 Å². The van der Waals surface area contributed by atoms with E-state index >= 15 is 0 Å². The number of aromatic nitrogens is 3. The molecule has 164 valence electrons. The first-order valence-electron chi connectivity index (χ1n) is 10.8. The number of likely N-dealkylation sites (tertiary alicyclic amines) is 1. The minimum absolute atomic E-state index is 0.125. The van der Waals surface area contributed by atoms with E-state index in [1.165, 1.54) is 17.1 Å². The lowest BCUT2D eigenvalue weighted by atomic mass is 9.89. The lowest BCUT2D eigenvalue weighted by Crippen LogP contribution is -2.38. The van der Waals surface area contributed by atoms with Gasteiger partial charge in [0.15, 0.2) is 5.69 Å². The van der Waals surface area contributed by atoms with Crippen molar-refractivity contribution in [2.75, 3.05) is 38.2 Å². The summed E-state index contributed by atoms with van der Waals surface area (Å²) in [5.41, 5.74) is 2.67. The Morgan fingerprint density at radius 3 is 2.71 bits per heavy atom. The number of carbonyl (C=O) groups excluding carboxylic acids is 1. The summed E-state index contributed by atoms with van der Waals surface area (Å²) in [7, 11) is 1.68. The Bertz CT molecular complexity index is 1070. The molecule has 0 unspecified atom stereocenters. The molecule has 1 saturated heterocycles. The number of nitrogens with zero attached hydrogens (tertiary/aromatic N) is 4. The Hall–Kier alpha value is -2.80. The Labute approximate surface area is 187 Å². The van der Waals surface area contributed by atoms with Crippen molar-refractivity contribution in [3.63, 3.8) is 0 Å². The fourth-order valence-corrected chi connectivity index (χ4v) is 4.47. The summed E-state index contributed by atoms with van der Waals surface area (Å²) in [6.45, 7) is 6.95. The minimum Gasteiger partial charge on any atom is -0.497 e. The van der Waals surface area contributed by atoms with Crippen LogP contribution in [0.25, 0.3) is 10.9 Å². The third-order valence-corrected chi connectivity index (χ3v) is 6.40. The number of methoxy groups -OCH3 is 1. The Morgan fingerprint density at radius 1 is 1.29 bits per heavy atom. The maximum Gasteiger partial charge on any atom is 0.274 e. The Kier molecular flexibility index (Phi) is 6.32. The molecule has 4 rings (SSSR count). The molecular weight excluding hydrogens is 414 g/mol. The molecule has 3 aromatic rings. The number of carbonyl (C=O) groups is 1. The molecule has 1 amide bonds. The first-order chi connectivity index (χ1) is 15.0. The molecule has 2 aromatic heterocycles. The highest BCUT2D eigenvalue weighted by Crippen LogP contribution is 2.35. The van der Waals surface area contributed by atoms with Gasteiger partial charge in [-0.25, -0.2) is 9.97 Å². The predicted octanol–water partition coefficient (Wildman–Crippen LogP) is 4.49. The number of nitrogens with one attached hydrogen (secondary N) is 1. The number of anilines is 1. The van der Waals surface area contributed by atoms with Gasteiger partial charge in [-0.1, -0.05) is 11.6 Å². The minimum atomic E-state index is -0.125. The van der Waals surface area contributed by atoms with Crippen LogP contribution in [0.2, 0.25) is 5.02 Å². The zero-order chi connectivity index (χ0) is 22.0. The van der Waals surface area contributed by atoms with Crippen molar-refractivity contribution in [3.05, 3.63) is 46.9 Å². The van der Waals surface area contributed by atoms with Gasteiger partial charge in [0, 0.05) is 43.3 Å². The number of H-pyrrole nitrogens is 1. The summed E-state index contributed by atoms with van der Waals surface area (Å²) in [6, 6.07) is 6.08. The Morgan fingerprint density at radius 2 is 2.03 bits per heavy atom. The number of hydrogen-bond donors (Lipinski definition) is 1. The highest BCUT2D eigenvalue weighted by molar-refractivity contribution is 6.33. The highest BCUT2D eigenvalue weighted by Gasteiger charge is 2.28. The number of benzene rings is 1. The van der Waals surface area contributed by atoms with Gasteiger partial charge in [0.25, 0.3) is 5.91 Å². The maximum absolute atomic E-state index is 13.2. The average molecular weight is 442 g/mol. The van der Waals surface area contributed by atoms with E-state index in [4.69, 9.17) is 16.3 Å². The van der Waals surface area contributed by atoms with Gasteiger partial charge >= 0.3 is 0 Å². The van der Waals surface area contributed by atoms with Crippen molar-refractivity contribution < 1.29 is 9.53 Å². The number of aromatic amines is 1. The van der Waals surface area contributed by atoms with Crippen molar-refractivity contribution in [2.45, 2.75) is 32.6 Å². The fourth-order valence-electron chi connectivity index (χ4n) is 4.30. The smallest absolute Gasteiger partial charge is 0.274 e. The van der Waals surface area contributed by atoms with Crippen LogP contribution in [-0.4, -0.2) is 59.0 Å². The fraction of sp³-hybridized carbons (Fsp3) is 0.435. The lowest BCUT2D eigenvalue weighted by Gasteiger charge is -2.32. The van der Waals surface area contributed by atoms with Gasteiger partial charge in [-0.3, -0.25) is 4.79 Å². The molecular formula is C23H28ClN5O2. The summed E-state index contributed by atoms with van der Waals surface area (Å²) in [6.07, 6.45) is 5.40. The molecule has 7 nitrogen and oxygen atoms in total. The van der Waals surface area contributed by atoms with Crippen molar-refractivity contribution in [2.24, 2.45) is 0 Å². The highest BCUT2D eigenvalue weighted by atomic mass is 35.5. The zero-order valence-corrected chi connectivity index (χ0v) is 18.9. The van der Waals surface area contributed by atoms with Crippen molar-refractivity contribution in [1.29, 1.82) is 0 Å². The molecule has 1 aromatic carbocycles. The maximum atomic E-state index is 13.2. The third kappa shape index (κ3) is 4.19. The number of hydrogen-bond acceptors (Lipinski definition) is 5. The first kappa shape index (κ1) is 21.4. The predicted molar refractivity (Wildman–Crippen MR) is 123 cm³/mol. The van der Waals surface area contributed by atoms with Crippen LogP contribution in [-0.2, 0) is 0 Å². The Balaban J connectivity index is 1.49. The number of rotatable bonds is 6. The molecule has 0 aliphatic carbocycles. The average Bonchev–Trinajstić information content (AvgIpc) is 3.23. The quantitative estimate of drug-likeness (QED) is 0.610. The summed E-state index contributed by atoms with van der Waals surface area (Å²) in [5, 5.41) is 1.48. The SMILES string of the molecule is CCN(CC)c1ncc(Cl)c(C(=O)N2CCC(c3c[nH]c4ccc(OC)cc34)CC2)n1. The molecule has 0 spiro atoms. The van der Waals surface area contributed by atoms with Gasteiger partial charge in [0.1, 0.15) is 5.75 Å². The second kappa shape index (κ2) is 9.14. The van der Waals surface area contributed by atoms with Crippen molar-refractivity contribution >= 4 is 34.4 Å². The molecule has 1 aliphatic rings.